The predicted molar refractivity (Wildman–Crippen MR) is 118 cm³/mol. The second-order valence-corrected chi connectivity index (χ2v) is 9.63. The lowest BCUT2D eigenvalue weighted by molar-refractivity contribution is -0.133. The third-order valence-corrected chi connectivity index (χ3v) is 7.13. The molecule has 2 atom stereocenters. The number of carbonyl (C=O) groups excluding carboxylic acids is 2. The average molecular weight is 419 g/mol. The minimum Gasteiger partial charge on any atom is -0.349 e. The molecule has 3 rings (SSSR count). The SMILES string of the molecule is CC[C@@H](C[C@H](C)NC(=O)c1cc2c(C)nn(C3CCCCC3)c2s1)C(=O)N(C)C. The Hall–Kier alpha value is -1.89. The number of carbonyl (C=O) groups is 2. The van der Waals surface area contributed by atoms with Gasteiger partial charge in [-0.25, -0.2) is 0 Å². The van der Waals surface area contributed by atoms with Crippen LogP contribution in [0.3, 0.4) is 0 Å². The van der Waals surface area contributed by atoms with Crippen LogP contribution in [0.2, 0.25) is 0 Å². The van der Waals surface area contributed by atoms with Gasteiger partial charge in [-0.15, -0.1) is 11.3 Å². The standard InChI is InChI=1S/C22H34N4O2S/c1-6-16(21(28)25(4)5)12-14(2)23-20(27)19-13-18-15(3)24-26(22(18)29-19)17-10-8-7-9-11-17/h13-14,16-17H,6-12H2,1-5H3,(H,23,27)/t14-,16-/m0/s1. The van der Waals surface area contributed by atoms with Crippen LogP contribution in [0, 0.1) is 12.8 Å². The number of aromatic nitrogens is 2. The molecule has 0 aliphatic heterocycles. The molecule has 1 aliphatic carbocycles. The van der Waals surface area contributed by atoms with Crippen LogP contribution in [0.5, 0.6) is 0 Å². The zero-order valence-electron chi connectivity index (χ0n) is 18.3. The first kappa shape index (κ1) is 21.8. The molecule has 0 saturated heterocycles. The van der Waals surface area contributed by atoms with Crippen molar-refractivity contribution in [3.63, 3.8) is 0 Å². The van der Waals surface area contributed by atoms with Gasteiger partial charge in [-0.3, -0.25) is 14.3 Å². The number of nitrogens with one attached hydrogen (secondary N) is 1. The van der Waals surface area contributed by atoms with Gasteiger partial charge in [0, 0.05) is 31.4 Å². The van der Waals surface area contributed by atoms with E-state index < -0.39 is 0 Å². The molecule has 0 radical (unpaired) electrons. The highest BCUT2D eigenvalue weighted by atomic mass is 32.1. The molecule has 0 unspecified atom stereocenters. The van der Waals surface area contributed by atoms with Gasteiger partial charge in [0.25, 0.3) is 5.91 Å². The number of rotatable bonds is 7. The molecule has 29 heavy (non-hydrogen) atoms. The monoisotopic (exact) mass is 418 g/mol. The summed E-state index contributed by atoms with van der Waals surface area (Å²) in [5, 5.41) is 8.96. The Balaban J connectivity index is 1.71. The predicted octanol–water partition coefficient (Wildman–Crippen LogP) is 4.53. The molecule has 2 aromatic rings. The fraction of sp³-hybridized carbons (Fsp3) is 0.682. The number of fused-ring (bicyclic) bond motifs is 1. The zero-order valence-corrected chi connectivity index (χ0v) is 19.1. The summed E-state index contributed by atoms with van der Waals surface area (Å²) in [6, 6.07) is 2.37. The number of hydrogen-bond donors (Lipinski definition) is 1. The van der Waals surface area contributed by atoms with E-state index in [-0.39, 0.29) is 23.8 Å². The molecule has 1 N–H and O–H groups in total. The van der Waals surface area contributed by atoms with Gasteiger partial charge in [0.1, 0.15) is 4.83 Å². The molecule has 2 heterocycles. The number of amides is 2. The third-order valence-electron chi connectivity index (χ3n) is 6.01. The highest BCUT2D eigenvalue weighted by Gasteiger charge is 2.25. The van der Waals surface area contributed by atoms with Crippen molar-refractivity contribution in [2.45, 2.75) is 77.8 Å². The summed E-state index contributed by atoms with van der Waals surface area (Å²) < 4.78 is 2.16. The fourth-order valence-corrected chi connectivity index (χ4v) is 5.48. The Morgan fingerprint density at radius 3 is 2.62 bits per heavy atom. The van der Waals surface area contributed by atoms with Gasteiger partial charge in [-0.05, 0) is 45.6 Å². The Bertz CT molecular complexity index is 864. The Labute approximate surface area is 177 Å². The van der Waals surface area contributed by atoms with Gasteiger partial charge in [0.15, 0.2) is 0 Å². The first-order valence-corrected chi connectivity index (χ1v) is 11.6. The third kappa shape index (κ3) is 4.82. The first-order chi connectivity index (χ1) is 13.8. The van der Waals surface area contributed by atoms with Crippen molar-refractivity contribution in [3.05, 3.63) is 16.6 Å². The number of aryl methyl sites for hydroxylation is 1. The van der Waals surface area contributed by atoms with Crippen LogP contribution in [-0.2, 0) is 4.79 Å². The molecule has 0 spiro atoms. The van der Waals surface area contributed by atoms with E-state index in [1.165, 1.54) is 43.4 Å². The summed E-state index contributed by atoms with van der Waals surface area (Å²) >= 11 is 1.54. The lowest BCUT2D eigenvalue weighted by atomic mass is 9.96. The van der Waals surface area contributed by atoms with Crippen molar-refractivity contribution in [1.82, 2.24) is 20.0 Å². The van der Waals surface area contributed by atoms with Crippen LogP contribution in [0.1, 0.15) is 80.2 Å². The van der Waals surface area contributed by atoms with E-state index in [4.69, 9.17) is 5.10 Å². The smallest absolute Gasteiger partial charge is 0.261 e. The minimum atomic E-state index is -0.0650. The van der Waals surface area contributed by atoms with E-state index in [9.17, 15) is 9.59 Å². The van der Waals surface area contributed by atoms with Crippen LogP contribution in [-0.4, -0.2) is 46.6 Å². The van der Waals surface area contributed by atoms with Crippen molar-refractivity contribution in [2.24, 2.45) is 5.92 Å². The van der Waals surface area contributed by atoms with Crippen molar-refractivity contribution in [1.29, 1.82) is 0 Å². The van der Waals surface area contributed by atoms with E-state index in [0.29, 0.717) is 12.5 Å². The first-order valence-electron chi connectivity index (χ1n) is 10.8. The second-order valence-electron chi connectivity index (χ2n) is 8.60. The average Bonchev–Trinajstić information content (AvgIpc) is 3.27. The van der Waals surface area contributed by atoms with E-state index in [1.807, 2.05) is 26.8 Å². The van der Waals surface area contributed by atoms with E-state index in [1.54, 1.807) is 19.0 Å². The number of hydrogen-bond acceptors (Lipinski definition) is 4. The highest BCUT2D eigenvalue weighted by Crippen LogP contribution is 2.35. The summed E-state index contributed by atoms with van der Waals surface area (Å²) in [7, 11) is 3.56. The Kier molecular flexibility index (Phi) is 6.98. The lowest BCUT2D eigenvalue weighted by Gasteiger charge is -2.23. The van der Waals surface area contributed by atoms with E-state index in [2.05, 4.69) is 10.00 Å². The number of nitrogens with zero attached hydrogens (tertiary/aromatic N) is 3. The van der Waals surface area contributed by atoms with Gasteiger partial charge in [0.2, 0.25) is 5.91 Å². The van der Waals surface area contributed by atoms with Crippen molar-refractivity contribution < 1.29 is 9.59 Å². The molecule has 6 nitrogen and oxygen atoms in total. The molecule has 160 valence electrons. The summed E-state index contributed by atoms with van der Waals surface area (Å²) in [4.78, 5) is 28.6. The molecule has 1 fully saturated rings. The largest absolute Gasteiger partial charge is 0.349 e. The van der Waals surface area contributed by atoms with Crippen molar-refractivity contribution >= 4 is 33.4 Å². The topological polar surface area (TPSA) is 67.2 Å². The van der Waals surface area contributed by atoms with Crippen LogP contribution in [0.25, 0.3) is 10.2 Å². The van der Waals surface area contributed by atoms with Crippen LogP contribution in [0.15, 0.2) is 6.07 Å². The van der Waals surface area contributed by atoms with Gasteiger partial charge < -0.3 is 10.2 Å². The van der Waals surface area contributed by atoms with Crippen LogP contribution >= 0.6 is 11.3 Å². The maximum Gasteiger partial charge on any atom is 0.261 e. The Morgan fingerprint density at radius 2 is 2.00 bits per heavy atom. The normalized spacial score (nSPS) is 17.3. The fourth-order valence-electron chi connectivity index (χ4n) is 4.34. The molecule has 2 aromatic heterocycles. The molecular weight excluding hydrogens is 384 g/mol. The Morgan fingerprint density at radius 1 is 1.31 bits per heavy atom. The molecule has 0 bridgehead atoms. The highest BCUT2D eigenvalue weighted by molar-refractivity contribution is 7.20. The van der Waals surface area contributed by atoms with Gasteiger partial charge >= 0.3 is 0 Å². The van der Waals surface area contributed by atoms with Crippen LogP contribution < -0.4 is 5.32 Å². The molecule has 1 aliphatic rings. The van der Waals surface area contributed by atoms with Gasteiger partial charge in [0.05, 0.1) is 16.6 Å². The molecule has 7 heteroatoms. The summed E-state index contributed by atoms with van der Waals surface area (Å²) in [6.45, 7) is 6.02. The summed E-state index contributed by atoms with van der Waals surface area (Å²) in [5.74, 6) is 0.00363. The maximum absolute atomic E-state index is 12.9. The van der Waals surface area contributed by atoms with E-state index >= 15 is 0 Å². The second kappa shape index (κ2) is 9.28. The van der Waals surface area contributed by atoms with Crippen LogP contribution in [0.4, 0.5) is 0 Å². The summed E-state index contributed by atoms with van der Waals surface area (Å²) in [5.41, 5.74) is 0.997. The molecule has 1 saturated carbocycles. The minimum absolute atomic E-state index is 0.0551. The molecular formula is C22H34N4O2S. The molecule has 2 amide bonds. The van der Waals surface area contributed by atoms with Gasteiger partial charge in [-0.1, -0.05) is 26.2 Å². The summed E-state index contributed by atoms with van der Waals surface area (Å²) in [6.07, 6.45) is 7.59. The lowest BCUT2D eigenvalue weighted by Crippen LogP contribution is -2.37. The quantitative estimate of drug-likeness (QED) is 0.718. The van der Waals surface area contributed by atoms with E-state index in [0.717, 1.165) is 27.2 Å². The maximum atomic E-state index is 12.9. The zero-order chi connectivity index (χ0) is 21.1. The van der Waals surface area contributed by atoms with Gasteiger partial charge in [-0.2, -0.15) is 5.10 Å². The molecule has 0 aromatic carbocycles. The van der Waals surface area contributed by atoms with Crippen molar-refractivity contribution in [3.8, 4) is 0 Å². The van der Waals surface area contributed by atoms with Crippen molar-refractivity contribution in [2.75, 3.05) is 14.1 Å². The number of thiophene rings is 1.